The number of aryl methyl sites for hydroxylation is 1. The lowest BCUT2D eigenvalue weighted by atomic mass is 9.94. The van der Waals surface area contributed by atoms with E-state index in [1.54, 1.807) is 0 Å². The number of hydrogen-bond acceptors (Lipinski definition) is 3. The van der Waals surface area contributed by atoms with Crippen molar-refractivity contribution in [3.63, 3.8) is 0 Å². The highest BCUT2D eigenvalue weighted by molar-refractivity contribution is 5.17. The molecule has 128 valence electrons. The molecule has 0 aliphatic carbocycles. The minimum atomic E-state index is 0.695. The van der Waals surface area contributed by atoms with Crippen LogP contribution in [-0.4, -0.2) is 45.3 Å². The summed E-state index contributed by atoms with van der Waals surface area (Å²) in [5.74, 6) is 0.810. The van der Waals surface area contributed by atoms with Gasteiger partial charge in [0.05, 0.1) is 6.20 Å². The fourth-order valence-electron chi connectivity index (χ4n) is 4.36. The summed E-state index contributed by atoms with van der Waals surface area (Å²) >= 11 is 0. The van der Waals surface area contributed by atoms with E-state index >= 15 is 0 Å². The molecule has 0 spiro atoms. The number of benzene rings is 1. The summed E-state index contributed by atoms with van der Waals surface area (Å²) in [5, 5.41) is 4.41. The van der Waals surface area contributed by atoms with Gasteiger partial charge in [0.15, 0.2) is 0 Å². The Morgan fingerprint density at radius 1 is 1.04 bits per heavy atom. The molecule has 2 atom stereocenters. The number of aromatic nitrogens is 2. The molecule has 1 aromatic heterocycles. The molecule has 0 radical (unpaired) electrons. The van der Waals surface area contributed by atoms with Crippen molar-refractivity contribution in [1.29, 1.82) is 0 Å². The van der Waals surface area contributed by atoms with Gasteiger partial charge >= 0.3 is 0 Å². The molecule has 3 aliphatic rings. The number of hydrogen-bond donors (Lipinski definition) is 0. The van der Waals surface area contributed by atoms with Crippen molar-refractivity contribution < 1.29 is 0 Å². The first-order valence-corrected chi connectivity index (χ1v) is 9.17. The van der Waals surface area contributed by atoms with Crippen molar-refractivity contribution in [2.24, 2.45) is 13.0 Å². The van der Waals surface area contributed by atoms with Gasteiger partial charge in [-0.15, -0.1) is 0 Å². The summed E-state index contributed by atoms with van der Waals surface area (Å²) in [5.41, 5.74) is 4.13. The SMILES string of the molecule is Cc1c(CN2C[C@H]3CC[C@@H](C2)N(Cc2ccccc2)C3)cnn1C. The Kier molecular flexibility index (Phi) is 4.42. The first-order valence-electron chi connectivity index (χ1n) is 9.17. The van der Waals surface area contributed by atoms with Gasteiger partial charge in [-0.25, -0.2) is 0 Å². The van der Waals surface area contributed by atoms with Crippen LogP contribution in [0.4, 0.5) is 0 Å². The lowest BCUT2D eigenvalue weighted by Crippen LogP contribution is -2.43. The van der Waals surface area contributed by atoms with Crippen LogP contribution < -0.4 is 0 Å². The molecule has 2 aromatic rings. The molecule has 4 nitrogen and oxygen atoms in total. The zero-order chi connectivity index (χ0) is 16.5. The second-order valence-electron chi connectivity index (χ2n) is 7.59. The van der Waals surface area contributed by atoms with Crippen molar-refractivity contribution in [2.75, 3.05) is 19.6 Å². The molecule has 2 bridgehead atoms. The van der Waals surface area contributed by atoms with E-state index in [-0.39, 0.29) is 0 Å². The largest absolute Gasteiger partial charge is 0.297 e. The molecule has 24 heavy (non-hydrogen) atoms. The summed E-state index contributed by atoms with van der Waals surface area (Å²) < 4.78 is 1.99. The molecule has 0 amide bonds. The van der Waals surface area contributed by atoms with E-state index in [1.807, 2.05) is 17.9 Å². The Morgan fingerprint density at radius 2 is 1.88 bits per heavy atom. The smallest absolute Gasteiger partial charge is 0.0537 e. The van der Waals surface area contributed by atoms with Gasteiger partial charge in [0.25, 0.3) is 0 Å². The third-order valence-electron chi connectivity index (χ3n) is 5.86. The highest BCUT2D eigenvalue weighted by Crippen LogP contribution is 2.30. The average Bonchev–Trinajstić information content (AvgIpc) is 2.77. The van der Waals surface area contributed by atoms with E-state index in [9.17, 15) is 0 Å². The van der Waals surface area contributed by atoms with Gasteiger partial charge in [-0.3, -0.25) is 14.5 Å². The lowest BCUT2D eigenvalue weighted by Gasteiger charge is -2.36. The third kappa shape index (κ3) is 3.26. The Bertz CT molecular complexity index is 678. The van der Waals surface area contributed by atoms with Crippen LogP contribution in [-0.2, 0) is 20.1 Å². The van der Waals surface area contributed by atoms with Crippen molar-refractivity contribution in [3.8, 4) is 0 Å². The number of piperidine rings is 1. The van der Waals surface area contributed by atoms with Gasteiger partial charge in [0.1, 0.15) is 0 Å². The van der Waals surface area contributed by atoms with Crippen molar-refractivity contribution >= 4 is 0 Å². The molecule has 4 heterocycles. The van der Waals surface area contributed by atoms with Gasteiger partial charge in [-0.05, 0) is 31.2 Å². The van der Waals surface area contributed by atoms with Crippen molar-refractivity contribution in [3.05, 3.63) is 53.3 Å². The molecule has 3 saturated heterocycles. The Morgan fingerprint density at radius 3 is 2.62 bits per heavy atom. The topological polar surface area (TPSA) is 24.3 Å². The predicted octanol–water partition coefficient (Wildman–Crippen LogP) is 2.82. The second kappa shape index (κ2) is 6.69. The molecule has 3 fully saturated rings. The second-order valence-corrected chi connectivity index (χ2v) is 7.59. The first kappa shape index (κ1) is 15.9. The van der Waals surface area contributed by atoms with E-state index in [0.29, 0.717) is 6.04 Å². The Balaban J connectivity index is 1.45. The number of fused-ring (bicyclic) bond motifs is 4. The van der Waals surface area contributed by atoms with Crippen LogP contribution in [0.1, 0.15) is 29.7 Å². The molecule has 4 heteroatoms. The van der Waals surface area contributed by atoms with Crippen molar-refractivity contribution in [2.45, 2.75) is 38.9 Å². The maximum atomic E-state index is 4.41. The summed E-state index contributed by atoms with van der Waals surface area (Å²) in [6.07, 6.45) is 4.78. The van der Waals surface area contributed by atoms with Gasteiger partial charge in [-0.2, -0.15) is 5.10 Å². The number of rotatable bonds is 4. The van der Waals surface area contributed by atoms with E-state index in [1.165, 1.54) is 49.3 Å². The molecular weight excluding hydrogens is 296 g/mol. The molecule has 5 rings (SSSR count). The maximum absolute atomic E-state index is 4.41. The summed E-state index contributed by atoms with van der Waals surface area (Å²) in [4.78, 5) is 5.39. The Hall–Kier alpha value is -1.65. The monoisotopic (exact) mass is 324 g/mol. The highest BCUT2D eigenvalue weighted by atomic mass is 15.3. The quantitative estimate of drug-likeness (QED) is 0.864. The minimum absolute atomic E-state index is 0.695. The molecular formula is C20H28N4. The molecule has 0 N–H and O–H groups in total. The summed E-state index contributed by atoms with van der Waals surface area (Å²) in [7, 11) is 2.03. The van der Waals surface area contributed by atoms with Gasteiger partial charge < -0.3 is 0 Å². The van der Waals surface area contributed by atoms with E-state index < -0.39 is 0 Å². The highest BCUT2D eigenvalue weighted by Gasteiger charge is 2.34. The Labute approximate surface area is 145 Å². The first-order chi connectivity index (χ1) is 11.7. The number of nitrogens with zero attached hydrogens (tertiary/aromatic N) is 4. The van der Waals surface area contributed by atoms with Crippen LogP contribution in [0.15, 0.2) is 36.5 Å². The van der Waals surface area contributed by atoms with Crippen LogP contribution in [0.5, 0.6) is 0 Å². The van der Waals surface area contributed by atoms with Crippen LogP contribution in [0.2, 0.25) is 0 Å². The maximum Gasteiger partial charge on any atom is 0.0537 e. The molecule has 1 aromatic carbocycles. The molecule has 3 aliphatic heterocycles. The standard InChI is InChI=1S/C20H28N4/c1-16-19(10-21-22(16)2)14-23-11-18-8-9-20(15-23)24(13-18)12-17-6-4-3-5-7-17/h3-7,10,18,20H,8-9,11-15H2,1-2H3/t18-,20+/m1/s1. The average molecular weight is 324 g/mol. The van der Waals surface area contributed by atoms with Crippen molar-refractivity contribution in [1.82, 2.24) is 19.6 Å². The molecule has 0 unspecified atom stereocenters. The normalized spacial score (nSPS) is 25.1. The third-order valence-corrected chi connectivity index (χ3v) is 5.86. The fourth-order valence-corrected chi connectivity index (χ4v) is 4.36. The lowest BCUT2D eigenvalue weighted by molar-refractivity contribution is 0.123. The summed E-state index contributed by atoms with van der Waals surface area (Å²) in [6.45, 7) is 8.00. The predicted molar refractivity (Wildman–Crippen MR) is 96.6 cm³/mol. The van der Waals surface area contributed by atoms with Gasteiger partial charge in [-0.1, -0.05) is 30.3 Å². The van der Waals surface area contributed by atoms with Crippen LogP contribution in [0.3, 0.4) is 0 Å². The zero-order valence-corrected chi connectivity index (χ0v) is 14.9. The van der Waals surface area contributed by atoms with E-state index in [0.717, 1.165) is 19.0 Å². The van der Waals surface area contributed by atoms with Gasteiger partial charge in [0, 0.05) is 57.1 Å². The summed E-state index contributed by atoms with van der Waals surface area (Å²) in [6, 6.07) is 11.6. The minimum Gasteiger partial charge on any atom is -0.297 e. The van der Waals surface area contributed by atoms with E-state index in [2.05, 4.69) is 52.2 Å². The van der Waals surface area contributed by atoms with E-state index in [4.69, 9.17) is 0 Å². The van der Waals surface area contributed by atoms with Gasteiger partial charge in [0.2, 0.25) is 0 Å². The van der Waals surface area contributed by atoms with Crippen LogP contribution >= 0.6 is 0 Å². The molecule has 0 saturated carbocycles. The van der Waals surface area contributed by atoms with Crippen LogP contribution in [0.25, 0.3) is 0 Å². The fraction of sp³-hybridized carbons (Fsp3) is 0.550. The van der Waals surface area contributed by atoms with Crippen LogP contribution in [0, 0.1) is 12.8 Å². The zero-order valence-electron chi connectivity index (χ0n) is 14.9.